The lowest BCUT2D eigenvalue weighted by Gasteiger charge is -2.01. The molecule has 0 aliphatic carbocycles. The van der Waals surface area contributed by atoms with E-state index in [0.29, 0.717) is 15.7 Å². The van der Waals surface area contributed by atoms with Crippen molar-refractivity contribution in [2.24, 2.45) is 0 Å². The third-order valence-corrected chi connectivity index (χ3v) is 4.65. The van der Waals surface area contributed by atoms with Gasteiger partial charge in [0, 0.05) is 18.2 Å². The standard InChI is InChI=1S/C15H16ClN3O3S/c1-3-4-7-17-15-18-9(2)14(23-15)13(20)10-5-6-11(16)12(8-10)19(21)22/h5-6,8H,3-4,7H2,1-2H3,(H,17,18). The molecule has 0 amide bonds. The Morgan fingerprint density at radius 2 is 2.22 bits per heavy atom. The average molecular weight is 354 g/mol. The molecule has 0 spiro atoms. The number of rotatable bonds is 7. The number of anilines is 1. The number of carbonyl (C=O) groups excluding carboxylic acids is 1. The lowest BCUT2D eigenvalue weighted by molar-refractivity contribution is -0.384. The SMILES string of the molecule is CCCCNc1nc(C)c(C(=O)c2ccc(Cl)c([N+](=O)[O-])c2)s1. The minimum atomic E-state index is -0.601. The summed E-state index contributed by atoms with van der Waals surface area (Å²) in [5.41, 5.74) is 0.561. The molecule has 0 atom stereocenters. The Bertz CT molecular complexity index is 746. The van der Waals surface area contributed by atoms with E-state index in [0.717, 1.165) is 19.4 Å². The van der Waals surface area contributed by atoms with Crippen molar-refractivity contribution in [2.75, 3.05) is 11.9 Å². The quantitative estimate of drug-likeness (QED) is 0.344. The first-order valence-electron chi connectivity index (χ1n) is 7.14. The topological polar surface area (TPSA) is 85.1 Å². The van der Waals surface area contributed by atoms with Crippen LogP contribution in [-0.2, 0) is 0 Å². The van der Waals surface area contributed by atoms with E-state index in [1.165, 1.54) is 29.5 Å². The fourth-order valence-electron chi connectivity index (χ4n) is 1.98. The van der Waals surface area contributed by atoms with Crippen LogP contribution in [0.15, 0.2) is 18.2 Å². The highest BCUT2D eigenvalue weighted by atomic mass is 35.5. The van der Waals surface area contributed by atoms with E-state index in [4.69, 9.17) is 11.6 Å². The number of unbranched alkanes of at least 4 members (excludes halogenated alkanes) is 1. The van der Waals surface area contributed by atoms with Gasteiger partial charge < -0.3 is 5.32 Å². The molecule has 0 aliphatic heterocycles. The number of carbonyl (C=O) groups is 1. The number of nitro benzene ring substituents is 1. The van der Waals surface area contributed by atoms with Gasteiger partial charge in [-0.3, -0.25) is 14.9 Å². The largest absolute Gasteiger partial charge is 0.361 e. The predicted molar refractivity (Wildman–Crippen MR) is 91.8 cm³/mol. The summed E-state index contributed by atoms with van der Waals surface area (Å²) in [5, 5.41) is 14.8. The normalized spacial score (nSPS) is 10.6. The summed E-state index contributed by atoms with van der Waals surface area (Å²) in [5.74, 6) is -0.289. The van der Waals surface area contributed by atoms with Crippen molar-refractivity contribution in [3.05, 3.63) is 49.5 Å². The van der Waals surface area contributed by atoms with E-state index >= 15 is 0 Å². The van der Waals surface area contributed by atoms with Crippen molar-refractivity contribution < 1.29 is 9.72 Å². The van der Waals surface area contributed by atoms with Gasteiger partial charge in [0.1, 0.15) is 5.02 Å². The summed E-state index contributed by atoms with van der Waals surface area (Å²) >= 11 is 7.03. The number of aryl methyl sites for hydroxylation is 1. The highest BCUT2D eigenvalue weighted by Crippen LogP contribution is 2.29. The molecular formula is C15H16ClN3O3S. The molecule has 0 saturated carbocycles. The Morgan fingerprint density at radius 1 is 1.48 bits per heavy atom. The van der Waals surface area contributed by atoms with E-state index in [-0.39, 0.29) is 22.1 Å². The molecule has 23 heavy (non-hydrogen) atoms. The molecule has 0 unspecified atom stereocenters. The first-order chi connectivity index (χ1) is 10.9. The molecule has 0 saturated heterocycles. The number of nitro groups is 1. The van der Waals surface area contributed by atoms with Gasteiger partial charge in [0.25, 0.3) is 5.69 Å². The van der Waals surface area contributed by atoms with E-state index < -0.39 is 4.92 Å². The Morgan fingerprint density at radius 3 is 2.87 bits per heavy atom. The maximum absolute atomic E-state index is 12.6. The van der Waals surface area contributed by atoms with Gasteiger partial charge in [-0.1, -0.05) is 36.3 Å². The Kier molecular flexibility index (Phi) is 5.68. The molecule has 6 nitrogen and oxygen atoms in total. The number of nitrogens with zero attached hydrogens (tertiary/aromatic N) is 2. The fraction of sp³-hybridized carbons (Fsp3) is 0.333. The van der Waals surface area contributed by atoms with Crippen LogP contribution in [0.3, 0.4) is 0 Å². The van der Waals surface area contributed by atoms with Crippen LogP contribution in [0.2, 0.25) is 5.02 Å². The Labute approximate surface area is 142 Å². The predicted octanol–water partition coefficient (Wildman–Crippen LogP) is 4.46. The van der Waals surface area contributed by atoms with Crippen LogP contribution in [0.1, 0.15) is 40.7 Å². The molecule has 1 aromatic heterocycles. The van der Waals surface area contributed by atoms with Gasteiger partial charge in [-0.15, -0.1) is 0 Å². The van der Waals surface area contributed by atoms with Crippen LogP contribution >= 0.6 is 22.9 Å². The van der Waals surface area contributed by atoms with E-state index in [1.54, 1.807) is 6.92 Å². The lowest BCUT2D eigenvalue weighted by Crippen LogP contribution is -2.02. The third-order valence-electron chi connectivity index (χ3n) is 3.21. The van der Waals surface area contributed by atoms with Gasteiger partial charge in [-0.05, 0) is 25.5 Å². The third kappa shape index (κ3) is 4.05. The number of halogens is 1. The number of ketones is 1. The first kappa shape index (κ1) is 17.4. The second-order valence-corrected chi connectivity index (χ2v) is 6.37. The molecule has 1 N–H and O–H groups in total. The van der Waals surface area contributed by atoms with Crippen molar-refractivity contribution in [2.45, 2.75) is 26.7 Å². The maximum atomic E-state index is 12.6. The van der Waals surface area contributed by atoms with Gasteiger partial charge in [-0.2, -0.15) is 0 Å². The van der Waals surface area contributed by atoms with Crippen molar-refractivity contribution in [1.82, 2.24) is 4.98 Å². The minimum Gasteiger partial charge on any atom is -0.361 e. The molecule has 0 bridgehead atoms. The van der Waals surface area contributed by atoms with Crippen LogP contribution in [-0.4, -0.2) is 22.2 Å². The molecule has 0 fully saturated rings. The van der Waals surface area contributed by atoms with Crippen molar-refractivity contribution in [3.63, 3.8) is 0 Å². The number of nitrogens with one attached hydrogen (secondary N) is 1. The van der Waals surface area contributed by atoms with Crippen LogP contribution in [0.25, 0.3) is 0 Å². The summed E-state index contributed by atoms with van der Waals surface area (Å²) in [6.07, 6.45) is 2.09. The first-order valence-corrected chi connectivity index (χ1v) is 8.33. The summed E-state index contributed by atoms with van der Waals surface area (Å²) in [7, 11) is 0. The fourth-order valence-corrected chi connectivity index (χ4v) is 3.12. The molecule has 122 valence electrons. The maximum Gasteiger partial charge on any atom is 0.288 e. The number of hydrogen-bond acceptors (Lipinski definition) is 6. The van der Waals surface area contributed by atoms with Crippen molar-refractivity contribution >= 4 is 39.5 Å². The molecule has 0 radical (unpaired) electrons. The van der Waals surface area contributed by atoms with E-state index in [1.807, 2.05) is 0 Å². The van der Waals surface area contributed by atoms with Crippen LogP contribution in [0.5, 0.6) is 0 Å². The second-order valence-electron chi connectivity index (χ2n) is 4.97. The molecule has 1 aromatic carbocycles. The summed E-state index contributed by atoms with van der Waals surface area (Å²) in [6.45, 7) is 4.64. The van der Waals surface area contributed by atoms with Gasteiger partial charge in [0.15, 0.2) is 5.13 Å². The Balaban J connectivity index is 2.27. The van der Waals surface area contributed by atoms with Gasteiger partial charge in [0.2, 0.25) is 5.78 Å². The second kappa shape index (κ2) is 7.52. The zero-order valence-electron chi connectivity index (χ0n) is 12.8. The zero-order valence-corrected chi connectivity index (χ0v) is 14.3. The summed E-state index contributed by atoms with van der Waals surface area (Å²) < 4.78 is 0. The molecular weight excluding hydrogens is 338 g/mol. The number of aromatic nitrogens is 1. The summed E-state index contributed by atoms with van der Waals surface area (Å²) in [6, 6.07) is 4.05. The summed E-state index contributed by atoms with van der Waals surface area (Å²) in [4.78, 5) is 27.7. The van der Waals surface area contributed by atoms with Crippen molar-refractivity contribution in [3.8, 4) is 0 Å². The van der Waals surface area contributed by atoms with Crippen LogP contribution in [0, 0.1) is 17.0 Å². The number of hydrogen-bond donors (Lipinski definition) is 1. The lowest BCUT2D eigenvalue weighted by atomic mass is 10.1. The average Bonchev–Trinajstić information content (AvgIpc) is 2.88. The van der Waals surface area contributed by atoms with Gasteiger partial charge in [0.05, 0.1) is 15.5 Å². The highest BCUT2D eigenvalue weighted by Gasteiger charge is 2.21. The minimum absolute atomic E-state index is 0.00879. The van der Waals surface area contributed by atoms with E-state index in [9.17, 15) is 14.9 Å². The van der Waals surface area contributed by atoms with Gasteiger partial charge >= 0.3 is 0 Å². The monoisotopic (exact) mass is 353 g/mol. The van der Waals surface area contributed by atoms with Crippen molar-refractivity contribution in [1.29, 1.82) is 0 Å². The van der Waals surface area contributed by atoms with Crippen LogP contribution in [0.4, 0.5) is 10.8 Å². The molecule has 1 heterocycles. The van der Waals surface area contributed by atoms with E-state index in [2.05, 4.69) is 17.2 Å². The number of thiazole rings is 1. The molecule has 8 heteroatoms. The molecule has 2 aromatic rings. The smallest absolute Gasteiger partial charge is 0.288 e. The zero-order chi connectivity index (χ0) is 17.0. The molecule has 0 aliphatic rings. The number of benzene rings is 1. The highest BCUT2D eigenvalue weighted by molar-refractivity contribution is 7.17. The van der Waals surface area contributed by atoms with Crippen LogP contribution < -0.4 is 5.32 Å². The molecule has 2 rings (SSSR count). The van der Waals surface area contributed by atoms with Gasteiger partial charge in [-0.25, -0.2) is 4.98 Å². The Hall–Kier alpha value is -1.99.